The van der Waals surface area contributed by atoms with Gasteiger partial charge < -0.3 is 4.74 Å². The quantitative estimate of drug-likeness (QED) is 0.800. The number of esters is 1. The van der Waals surface area contributed by atoms with Crippen LogP contribution in [0.3, 0.4) is 0 Å². The molecule has 0 fully saturated rings. The number of hydrogen-bond donors (Lipinski definition) is 0. The predicted molar refractivity (Wildman–Crippen MR) is 67.3 cm³/mol. The maximum atomic E-state index is 11.3. The van der Waals surface area contributed by atoms with Gasteiger partial charge in [0.2, 0.25) is 0 Å². The number of carbonyl (C=O) groups excluding carboxylic acids is 1. The van der Waals surface area contributed by atoms with Gasteiger partial charge in [0.1, 0.15) is 0 Å². The molecular formula is C12H11BrN2O2. The molecule has 0 spiro atoms. The van der Waals surface area contributed by atoms with Gasteiger partial charge in [-0.1, -0.05) is 17.7 Å². The van der Waals surface area contributed by atoms with E-state index in [0.29, 0.717) is 4.73 Å². The van der Waals surface area contributed by atoms with E-state index in [1.165, 1.54) is 12.7 Å². The maximum Gasteiger partial charge on any atom is 0.358 e. The fourth-order valence-corrected chi connectivity index (χ4v) is 1.95. The molecule has 0 radical (unpaired) electrons. The largest absolute Gasteiger partial charge is 0.464 e. The van der Waals surface area contributed by atoms with Gasteiger partial charge in [-0.2, -0.15) is 0 Å². The highest BCUT2D eigenvalue weighted by molar-refractivity contribution is 9.10. The summed E-state index contributed by atoms with van der Waals surface area (Å²) in [5, 5.41) is 0. The number of hydrogen-bond acceptors (Lipinski definition) is 3. The van der Waals surface area contributed by atoms with E-state index in [4.69, 9.17) is 0 Å². The van der Waals surface area contributed by atoms with Crippen LogP contribution < -0.4 is 0 Å². The van der Waals surface area contributed by atoms with E-state index in [-0.39, 0.29) is 5.69 Å². The number of imidazole rings is 1. The molecule has 0 N–H and O–H groups in total. The van der Waals surface area contributed by atoms with Crippen molar-refractivity contribution >= 4 is 21.9 Å². The number of halogens is 1. The Labute approximate surface area is 107 Å². The van der Waals surface area contributed by atoms with Crippen LogP contribution in [0.4, 0.5) is 0 Å². The van der Waals surface area contributed by atoms with Crippen molar-refractivity contribution in [3.63, 3.8) is 0 Å². The maximum absolute atomic E-state index is 11.3. The summed E-state index contributed by atoms with van der Waals surface area (Å²) in [7, 11) is 1.33. The summed E-state index contributed by atoms with van der Waals surface area (Å²) in [6.45, 7) is 2.02. The second-order valence-corrected chi connectivity index (χ2v) is 4.30. The number of nitrogens with zero attached hydrogens (tertiary/aromatic N) is 2. The first-order chi connectivity index (χ1) is 8.11. The second kappa shape index (κ2) is 4.71. The van der Waals surface area contributed by atoms with Crippen molar-refractivity contribution in [3.8, 4) is 5.69 Å². The summed E-state index contributed by atoms with van der Waals surface area (Å²) in [4.78, 5) is 15.4. The highest BCUT2D eigenvalue weighted by Gasteiger charge is 2.13. The standard InChI is InChI=1S/C12H11BrN2O2/c1-8-3-5-9(6-4-8)15-7-10(11(16)17-2)14-12(15)13/h3-7H,1-2H3. The van der Waals surface area contributed by atoms with Crippen LogP contribution in [0.25, 0.3) is 5.69 Å². The van der Waals surface area contributed by atoms with Crippen molar-refractivity contribution in [1.82, 2.24) is 9.55 Å². The van der Waals surface area contributed by atoms with Crippen LogP contribution in [-0.2, 0) is 4.74 Å². The number of ether oxygens (including phenoxy) is 1. The number of aryl methyl sites for hydroxylation is 1. The molecule has 0 aliphatic heterocycles. The fourth-order valence-electron chi connectivity index (χ4n) is 1.45. The van der Waals surface area contributed by atoms with Gasteiger partial charge in [-0.25, -0.2) is 9.78 Å². The molecular weight excluding hydrogens is 284 g/mol. The van der Waals surface area contributed by atoms with Crippen molar-refractivity contribution in [2.24, 2.45) is 0 Å². The van der Waals surface area contributed by atoms with Crippen LogP contribution in [0, 0.1) is 6.92 Å². The Morgan fingerprint density at radius 2 is 2.00 bits per heavy atom. The minimum Gasteiger partial charge on any atom is -0.464 e. The molecule has 0 amide bonds. The molecule has 1 aromatic carbocycles. The summed E-state index contributed by atoms with van der Waals surface area (Å²) < 4.78 is 6.98. The molecule has 2 aromatic rings. The predicted octanol–water partition coefficient (Wildman–Crippen LogP) is 2.73. The first-order valence-corrected chi connectivity index (χ1v) is 5.81. The zero-order valence-electron chi connectivity index (χ0n) is 9.48. The van der Waals surface area contributed by atoms with Crippen molar-refractivity contribution in [2.75, 3.05) is 7.11 Å². The van der Waals surface area contributed by atoms with Crippen LogP contribution in [0.5, 0.6) is 0 Å². The molecule has 0 bridgehead atoms. The number of methoxy groups -OCH3 is 1. The molecule has 5 heteroatoms. The van der Waals surface area contributed by atoms with Gasteiger partial charge in [0.25, 0.3) is 0 Å². The number of aromatic nitrogens is 2. The van der Waals surface area contributed by atoms with Gasteiger partial charge in [-0.3, -0.25) is 4.57 Å². The van der Waals surface area contributed by atoms with Crippen LogP contribution >= 0.6 is 15.9 Å². The van der Waals surface area contributed by atoms with Gasteiger partial charge in [0, 0.05) is 11.9 Å². The third-order valence-corrected chi connectivity index (χ3v) is 2.93. The number of rotatable bonds is 2. The van der Waals surface area contributed by atoms with Crippen LogP contribution in [-0.4, -0.2) is 22.6 Å². The molecule has 17 heavy (non-hydrogen) atoms. The third kappa shape index (κ3) is 2.39. The molecule has 1 aromatic heterocycles. The summed E-state index contributed by atoms with van der Waals surface area (Å²) >= 11 is 3.31. The van der Waals surface area contributed by atoms with Gasteiger partial charge in [-0.05, 0) is 35.0 Å². The van der Waals surface area contributed by atoms with Gasteiger partial charge in [-0.15, -0.1) is 0 Å². The van der Waals surface area contributed by atoms with E-state index in [2.05, 4.69) is 25.7 Å². The minimum atomic E-state index is -0.448. The lowest BCUT2D eigenvalue weighted by Crippen LogP contribution is -2.01. The Bertz CT molecular complexity index is 546. The molecule has 1 heterocycles. The van der Waals surface area contributed by atoms with Crippen molar-refractivity contribution in [3.05, 3.63) is 46.5 Å². The lowest BCUT2D eigenvalue weighted by Gasteiger charge is -2.03. The topological polar surface area (TPSA) is 44.1 Å². The second-order valence-electron chi connectivity index (χ2n) is 3.59. The van der Waals surface area contributed by atoms with E-state index >= 15 is 0 Å². The smallest absolute Gasteiger partial charge is 0.358 e. The molecule has 0 aliphatic carbocycles. The number of carbonyl (C=O) groups is 1. The Morgan fingerprint density at radius 3 is 2.59 bits per heavy atom. The van der Waals surface area contributed by atoms with E-state index in [1.54, 1.807) is 10.8 Å². The minimum absolute atomic E-state index is 0.278. The zero-order chi connectivity index (χ0) is 12.4. The van der Waals surface area contributed by atoms with Crippen LogP contribution in [0.1, 0.15) is 16.1 Å². The van der Waals surface area contributed by atoms with Crippen molar-refractivity contribution in [1.29, 1.82) is 0 Å². The first-order valence-electron chi connectivity index (χ1n) is 5.02. The highest BCUT2D eigenvalue weighted by Crippen LogP contribution is 2.18. The van der Waals surface area contributed by atoms with Crippen LogP contribution in [0.15, 0.2) is 35.2 Å². The highest BCUT2D eigenvalue weighted by atomic mass is 79.9. The van der Waals surface area contributed by atoms with Crippen molar-refractivity contribution < 1.29 is 9.53 Å². The lowest BCUT2D eigenvalue weighted by atomic mass is 10.2. The summed E-state index contributed by atoms with van der Waals surface area (Å²) in [5.74, 6) is -0.448. The Morgan fingerprint density at radius 1 is 1.35 bits per heavy atom. The normalized spacial score (nSPS) is 10.3. The fraction of sp³-hybridized carbons (Fsp3) is 0.167. The monoisotopic (exact) mass is 294 g/mol. The first kappa shape index (κ1) is 11.9. The van der Waals surface area contributed by atoms with E-state index < -0.39 is 5.97 Å². The Balaban J connectivity index is 2.42. The Hall–Kier alpha value is -1.62. The molecule has 0 saturated carbocycles. The third-order valence-electron chi connectivity index (χ3n) is 2.37. The molecule has 2 rings (SSSR count). The van der Waals surface area contributed by atoms with Gasteiger partial charge in [0.05, 0.1) is 7.11 Å². The van der Waals surface area contributed by atoms with E-state index in [1.807, 2.05) is 31.2 Å². The molecule has 0 unspecified atom stereocenters. The van der Waals surface area contributed by atoms with Gasteiger partial charge in [0.15, 0.2) is 10.4 Å². The SMILES string of the molecule is COC(=O)c1cn(-c2ccc(C)cc2)c(Br)n1. The van der Waals surface area contributed by atoms with Gasteiger partial charge >= 0.3 is 5.97 Å². The van der Waals surface area contributed by atoms with E-state index in [9.17, 15) is 4.79 Å². The van der Waals surface area contributed by atoms with Crippen molar-refractivity contribution in [2.45, 2.75) is 6.92 Å². The molecule has 0 saturated heterocycles. The molecule has 88 valence electrons. The summed E-state index contributed by atoms with van der Waals surface area (Å²) in [6, 6.07) is 7.92. The lowest BCUT2D eigenvalue weighted by molar-refractivity contribution is 0.0594. The Kier molecular flexibility index (Phi) is 3.28. The molecule has 4 nitrogen and oxygen atoms in total. The van der Waals surface area contributed by atoms with E-state index in [0.717, 1.165) is 5.69 Å². The summed E-state index contributed by atoms with van der Waals surface area (Å²) in [6.07, 6.45) is 1.64. The molecule has 0 aliphatic rings. The average Bonchev–Trinajstić information content (AvgIpc) is 2.71. The zero-order valence-corrected chi connectivity index (χ0v) is 11.1. The van der Waals surface area contributed by atoms with Crippen LogP contribution in [0.2, 0.25) is 0 Å². The number of benzene rings is 1. The average molecular weight is 295 g/mol. The summed E-state index contributed by atoms with van der Waals surface area (Å²) in [5.41, 5.74) is 2.39. The molecule has 0 atom stereocenters.